The van der Waals surface area contributed by atoms with E-state index in [9.17, 15) is 0 Å². The van der Waals surface area contributed by atoms with Crippen LogP contribution in [0.3, 0.4) is 0 Å². The first kappa shape index (κ1) is 10.1. The summed E-state index contributed by atoms with van der Waals surface area (Å²) < 4.78 is 0. The van der Waals surface area contributed by atoms with Crippen molar-refractivity contribution in [3.63, 3.8) is 0 Å². The Morgan fingerprint density at radius 2 is 1.88 bits per heavy atom. The van der Waals surface area contributed by atoms with E-state index in [1.165, 1.54) is 38.0 Å². The zero-order chi connectivity index (χ0) is 11.2. The van der Waals surface area contributed by atoms with E-state index >= 15 is 0 Å². The van der Waals surface area contributed by atoms with Crippen molar-refractivity contribution in [2.75, 3.05) is 19.6 Å². The van der Waals surface area contributed by atoms with Gasteiger partial charge in [-0.3, -0.25) is 0 Å². The number of likely N-dealkylation sites (tertiary alicyclic amines) is 1. The zero-order valence-corrected chi connectivity index (χ0v) is 10.2. The van der Waals surface area contributed by atoms with Gasteiger partial charge in [0.2, 0.25) is 0 Å². The quantitative estimate of drug-likeness (QED) is 0.828. The number of nitrogens with one attached hydrogen (secondary N) is 1. The van der Waals surface area contributed by atoms with E-state index in [1.807, 2.05) is 0 Å². The minimum absolute atomic E-state index is 0.669. The van der Waals surface area contributed by atoms with Crippen molar-refractivity contribution >= 4 is 0 Å². The molecule has 1 N–H and O–H groups in total. The van der Waals surface area contributed by atoms with Crippen molar-refractivity contribution in [1.29, 1.82) is 0 Å². The summed E-state index contributed by atoms with van der Waals surface area (Å²) in [6.07, 6.45) is 2.72. The van der Waals surface area contributed by atoms with E-state index in [0.29, 0.717) is 6.04 Å². The number of piperidine rings is 1. The predicted octanol–water partition coefficient (Wildman–Crippen LogP) is 1.65. The van der Waals surface area contributed by atoms with Gasteiger partial charge in [0.25, 0.3) is 0 Å². The second-order valence-corrected chi connectivity index (χ2v) is 6.03. The van der Waals surface area contributed by atoms with Gasteiger partial charge in [-0.25, -0.2) is 0 Å². The first-order chi connectivity index (χ1) is 8.38. The molecule has 1 saturated carbocycles. The molecule has 2 heterocycles. The maximum Gasteiger partial charge on any atom is 0.0238 e. The third-order valence-corrected chi connectivity index (χ3v) is 4.70. The van der Waals surface area contributed by atoms with Crippen LogP contribution in [-0.4, -0.2) is 30.6 Å². The van der Waals surface area contributed by atoms with Crippen LogP contribution in [0, 0.1) is 11.8 Å². The van der Waals surface area contributed by atoms with Crippen LogP contribution >= 0.6 is 0 Å². The maximum absolute atomic E-state index is 3.69. The van der Waals surface area contributed by atoms with Crippen molar-refractivity contribution in [1.82, 2.24) is 10.2 Å². The molecule has 2 fully saturated rings. The molecule has 90 valence electrons. The molecule has 0 radical (unpaired) electrons. The summed E-state index contributed by atoms with van der Waals surface area (Å²) in [6.45, 7) is 5.04. The second kappa shape index (κ2) is 3.82. The van der Waals surface area contributed by atoms with Crippen LogP contribution in [-0.2, 0) is 13.0 Å². The van der Waals surface area contributed by atoms with Gasteiger partial charge in [0.05, 0.1) is 0 Å². The average Bonchev–Trinajstić information content (AvgIpc) is 2.97. The first-order valence-electron chi connectivity index (χ1n) is 6.91. The molecule has 0 spiro atoms. The molecule has 3 atom stereocenters. The lowest BCUT2D eigenvalue weighted by molar-refractivity contribution is 0.259. The van der Waals surface area contributed by atoms with Crippen molar-refractivity contribution in [2.24, 2.45) is 11.8 Å². The molecule has 0 bridgehead atoms. The van der Waals surface area contributed by atoms with Gasteiger partial charge < -0.3 is 10.2 Å². The number of nitrogens with zero attached hydrogens (tertiary/aromatic N) is 1. The van der Waals surface area contributed by atoms with E-state index in [2.05, 4.69) is 34.5 Å². The van der Waals surface area contributed by atoms with Gasteiger partial charge in [-0.05, 0) is 35.8 Å². The lowest BCUT2D eigenvalue weighted by atomic mass is 9.95. The van der Waals surface area contributed by atoms with Crippen LogP contribution in [0.4, 0.5) is 0 Å². The Morgan fingerprint density at radius 3 is 2.71 bits per heavy atom. The molecule has 0 unspecified atom stereocenters. The summed E-state index contributed by atoms with van der Waals surface area (Å²) in [5, 5.41) is 3.69. The molecular formula is C15H20N2. The Morgan fingerprint density at radius 1 is 1.12 bits per heavy atom. The number of rotatable bonds is 2. The molecule has 3 aliphatic rings. The van der Waals surface area contributed by atoms with E-state index in [-0.39, 0.29) is 0 Å². The Balaban J connectivity index is 1.41. The van der Waals surface area contributed by atoms with Crippen LogP contribution in [0.25, 0.3) is 0 Å². The molecule has 4 rings (SSSR count). The lowest BCUT2D eigenvalue weighted by Gasteiger charge is -2.30. The van der Waals surface area contributed by atoms with E-state index in [0.717, 1.165) is 18.4 Å². The molecule has 1 aromatic carbocycles. The van der Waals surface area contributed by atoms with Crippen LogP contribution in [0.15, 0.2) is 24.3 Å². The molecule has 17 heavy (non-hydrogen) atoms. The van der Waals surface area contributed by atoms with Gasteiger partial charge in [0.15, 0.2) is 0 Å². The molecule has 0 amide bonds. The SMILES string of the molecule is c1ccc2c(c1)CN[C@H](CN1C[C@H]3C[C@H]3C1)C2. The highest BCUT2D eigenvalue weighted by atomic mass is 15.2. The number of hydrogen-bond acceptors (Lipinski definition) is 2. The van der Waals surface area contributed by atoms with Crippen molar-refractivity contribution < 1.29 is 0 Å². The minimum Gasteiger partial charge on any atom is -0.308 e. The maximum atomic E-state index is 3.69. The fourth-order valence-electron chi connectivity index (χ4n) is 3.61. The largest absolute Gasteiger partial charge is 0.308 e. The van der Waals surface area contributed by atoms with Gasteiger partial charge >= 0.3 is 0 Å². The third kappa shape index (κ3) is 1.90. The normalized spacial score (nSPS) is 35.4. The average molecular weight is 228 g/mol. The summed E-state index contributed by atoms with van der Waals surface area (Å²) in [5.74, 6) is 2.12. The highest BCUT2D eigenvalue weighted by molar-refractivity contribution is 5.30. The Labute approximate surface area is 103 Å². The van der Waals surface area contributed by atoms with Crippen molar-refractivity contribution in [2.45, 2.75) is 25.4 Å². The minimum atomic E-state index is 0.669. The summed E-state index contributed by atoms with van der Waals surface area (Å²) in [7, 11) is 0. The molecule has 1 saturated heterocycles. The molecule has 1 aliphatic carbocycles. The second-order valence-electron chi connectivity index (χ2n) is 6.03. The third-order valence-electron chi connectivity index (χ3n) is 4.70. The lowest BCUT2D eigenvalue weighted by Crippen LogP contribution is -2.44. The van der Waals surface area contributed by atoms with Crippen LogP contribution in [0.5, 0.6) is 0 Å². The van der Waals surface area contributed by atoms with Crippen molar-refractivity contribution in [3.05, 3.63) is 35.4 Å². The van der Waals surface area contributed by atoms with E-state index in [1.54, 1.807) is 5.56 Å². The van der Waals surface area contributed by atoms with Gasteiger partial charge in [0, 0.05) is 32.2 Å². The highest BCUT2D eigenvalue weighted by Crippen LogP contribution is 2.44. The monoisotopic (exact) mass is 228 g/mol. The standard InChI is InChI=1S/C15H20N2/c1-2-4-12-7-16-15(6-11(12)3-1)10-17-8-13-5-14(13)9-17/h1-4,13-16H,5-10H2/t13-,14+,15-/m0/s1. The molecule has 2 heteroatoms. The molecular weight excluding hydrogens is 208 g/mol. The highest BCUT2D eigenvalue weighted by Gasteiger charge is 2.45. The van der Waals surface area contributed by atoms with Crippen LogP contribution < -0.4 is 5.32 Å². The molecule has 0 aromatic heterocycles. The molecule has 2 aliphatic heterocycles. The number of benzene rings is 1. The smallest absolute Gasteiger partial charge is 0.0238 e. The van der Waals surface area contributed by atoms with Gasteiger partial charge in [-0.15, -0.1) is 0 Å². The Kier molecular flexibility index (Phi) is 2.27. The topological polar surface area (TPSA) is 15.3 Å². The number of fused-ring (bicyclic) bond motifs is 2. The van der Waals surface area contributed by atoms with E-state index in [4.69, 9.17) is 0 Å². The van der Waals surface area contributed by atoms with Gasteiger partial charge in [-0.2, -0.15) is 0 Å². The fraction of sp³-hybridized carbons (Fsp3) is 0.600. The summed E-state index contributed by atoms with van der Waals surface area (Å²) >= 11 is 0. The fourth-order valence-corrected chi connectivity index (χ4v) is 3.61. The molecule has 1 aromatic rings. The Hall–Kier alpha value is -0.860. The predicted molar refractivity (Wildman–Crippen MR) is 68.8 cm³/mol. The first-order valence-corrected chi connectivity index (χ1v) is 6.91. The summed E-state index contributed by atoms with van der Waals surface area (Å²) in [6, 6.07) is 9.54. The zero-order valence-electron chi connectivity index (χ0n) is 10.2. The van der Waals surface area contributed by atoms with Gasteiger partial charge in [0.1, 0.15) is 0 Å². The summed E-state index contributed by atoms with van der Waals surface area (Å²) in [4.78, 5) is 2.67. The van der Waals surface area contributed by atoms with Gasteiger partial charge in [-0.1, -0.05) is 24.3 Å². The van der Waals surface area contributed by atoms with Crippen LogP contribution in [0.2, 0.25) is 0 Å². The molecule has 2 nitrogen and oxygen atoms in total. The number of hydrogen-bond donors (Lipinski definition) is 1. The van der Waals surface area contributed by atoms with E-state index < -0.39 is 0 Å². The van der Waals surface area contributed by atoms with Crippen LogP contribution in [0.1, 0.15) is 17.5 Å². The van der Waals surface area contributed by atoms with Crippen molar-refractivity contribution in [3.8, 4) is 0 Å². The Bertz CT molecular complexity index is 419. The summed E-state index contributed by atoms with van der Waals surface area (Å²) in [5.41, 5.74) is 3.05.